The molecule has 0 amide bonds. The van der Waals surface area contributed by atoms with Gasteiger partial charge in [0.15, 0.2) is 0 Å². The average molecular weight is 1370 g/mol. The minimum absolute atomic E-state index is 0.445. The van der Waals surface area contributed by atoms with E-state index in [0.29, 0.717) is 19.8 Å². The van der Waals surface area contributed by atoms with Crippen LogP contribution in [0.3, 0.4) is 0 Å². The number of hydrogen-bond donors (Lipinski definition) is 0. The first-order valence-electron chi connectivity index (χ1n) is 36.2. The van der Waals surface area contributed by atoms with Gasteiger partial charge in [0.2, 0.25) is 0 Å². The lowest BCUT2D eigenvalue weighted by atomic mass is 9.67. The first-order valence-corrected chi connectivity index (χ1v) is 36.2. The zero-order chi connectivity index (χ0) is 71.4. The molecule has 5 nitrogen and oxygen atoms in total. The van der Waals surface area contributed by atoms with Crippen LogP contribution in [0.4, 0.5) is 34.1 Å². The van der Waals surface area contributed by atoms with E-state index < -0.39 is 10.8 Å². The van der Waals surface area contributed by atoms with Gasteiger partial charge in [0.05, 0.1) is 10.8 Å². The van der Waals surface area contributed by atoms with E-state index in [-0.39, 0.29) is 0 Å². The molecule has 0 saturated heterocycles. The van der Waals surface area contributed by atoms with Crippen molar-refractivity contribution < 1.29 is 14.2 Å². The van der Waals surface area contributed by atoms with Gasteiger partial charge in [0.25, 0.3) is 0 Å². The van der Waals surface area contributed by atoms with Crippen LogP contribution in [0.2, 0.25) is 0 Å². The van der Waals surface area contributed by atoms with Crippen LogP contribution >= 0.6 is 0 Å². The predicted molar refractivity (Wildman–Crippen MR) is 438 cm³/mol. The summed E-state index contributed by atoms with van der Waals surface area (Å²) < 4.78 is 19.4. The van der Waals surface area contributed by atoms with Crippen molar-refractivity contribution in [2.75, 3.05) is 9.80 Å². The Morgan fingerprint density at radius 1 is 0.236 bits per heavy atom. The molecule has 0 radical (unpaired) electrons. The Balaban J connectivity index is 0.711. The molecule has 508 valence electrons. The van der Waals surface area contributed by atoms with Gasteiger partial charge in [-0.25, -0.2) is 0 Å². The molecule has 17 rings (SSSR count). The van der Waals surface area contributed by atoms with Crippen LogP contribution in [-0.4, -0.2) is 0 Å². The third-order valence-electron chi connectivity index (χ3n) is 21.1. The van der Waals surface area contributed by atoms with Crippen molar-refractivity contribution >= 4 is 52.4 Å². The second-order valence-electron chi connectivity index (χ2n) is 27.1. The quantitative estimate of drug-likeness (QED) is 0.0638. The molecule has 0 spiro atoms. The Labute approximate surface area is 621 Å². The van der Waals surface area contributed by atoms with Crippen molar-refractivity contribution in [3.05, 3.63) is 468 Å². The fraction of sp³-hybridized carbons (Fsp3) is 0.0495. The topological polar surface area (TPSA) is 34.2 Å². The Morgan fingerprint density at radius 2 is 0.509 bits per heavy atom. The molecular weight excluding hydrogens is 1290 g/mol. The monoisotopic (exact) mass is 1360 g/mol. The molecule has 0 heterocycles. The molecule has 0 fully saturated rings. The molecule has 1 unspecified atom stereocenters. The fourth-order valence-corrected chi connectivity index (χ4v) is 15.9. The number of benzene rings is 15. The normalized spacial score (nSPS) is 13.4. The van der Waals surface area contributed by atoms with E-state index in [2.05, 4.69) is 400 Å². The minimum Gasteiger partial charge on any atom is -0.489 e. The number of rotatable bonds is 23. The molecule has 2 aliphatic carbocycles. The second-order valence-corrected chi connectivity index (χ2v) is 27.1. The molecule has 5 heteroatoms. The second kappa shape index (κ2) is 28.7. The molecule has 15 aromatic rings. The summed E-state index contributed by atoms with van der Waals surface area (Å²) in [5.74, 6) is 2.40. The van der Waals surface area contributed by atoms with E-state index in [1.807, 2.05) is 18.2 Å². The molecule has 0 bridgehead atoms. The third kappa shape index (κ3) is 12.2. The first-order chi connectivity index (χ1) is 52.4. The highest BCUT2D eigenvalue weighted by atomic mass is 16.5. The van der Waals surface area contributed by atoms with Gasteiger partial charge in [-0.2, -0.15) is 0 Å². The number of ether oxygens (including phenoxy) is 3. The molecule has 106 heavy (non-hydrogen) atoms. The summed E-state index contributed by atoms with van der Waals surface area (Å²) in [6, 6.07) is 134. The van der Waals surface area contributed by atoms with Crippen LogP contribution in [0.25, 0.3) is 51.6 Å². The maximum absolute atomic E-state index is 6.49. The average Bonchev–Trinajstić information content (AvgIpc) is 1.54. The Bertz CT molecular complexity index is 5550. The lowest BCUT2D eigenvalue weighted by Gasteiger charge is -2.35. The molecule has 15 aromatic carbocycles. The minimum atomic E-state index is -0.739. The Morgan fingerprint density at radius 3 is 0.840 bits per heavy atom. The van der Waals surface area contributed by atoms with Crippen molar-refractivity contribution in [2.45, 2.75) is 30.7 Å². The van der Waals surface area contributed by atoms with Crippen molar-refractivity contribution in [1.82, 2.24) is 0 Å². The predicted octanol–water partition coefficient (Wildman–Crippen LogP) is 25.7. The number of fused-ring (bicyclic) bond motifs is 6. The smallest absolute Gasteiger partial charge is 0.119 e. The zero-order valence-electron chi connectivity index (χ0n) is 58.8. The third-order valence-corrected chi connectivity index (χ3v) is 21.1. The highest BCUT2D eigenvalue weighted by molar-refractivity contribution is 5.92. The van der Waals surface area contributed by atoms with E-state index in [4.69, 9.17) is 14.2 Å². The van der Waals surface area contributed by atoms with E-state index in [9.17, 15) is 0 Å². The molecule has 0 saturated carbocycles. The SMILES string of the molecule is C=Cc1ccc(COc2ccc(C3(c4ccccc4)c4ccccc4-c4ccc(N(c5ccccc5)c5ccc(-c6ccc(N(c7ccccc7)c7ccc8c(c7)C(c7ccc(OCc9ccc(C=C)cc9)cc7)(c7ccc(OCc9ccc(C=C)cc9)cc7)c7ccccc7-8)cc6)cc5)cc43)cc2)cc1. The van der Waals surface area contributed by atoms with Crippen LogP contribution in [-0.2, 0) is 30.7 Å². The van der Waals surface area contributed by atoms with Gasteiger partial charge in [0, 0.05) is 34.1 Å². The summed E-state index contributed by atoms with van der Waals surface area (Å²) in [7, 11) is 0. The van der Waals surface area contributed by atoms with Crippen molar-refractivity contribution in [3.8, 4) is 50.6 Å². The van der Waals surface area contributed by atoms with Gasteiger partial charge in [-0.1, -0.05) is 299 Å². The standard InChI is InChI=1S/C101H76N2O3/c1-4-71-30-36-74(37-31-71)68-104-89-58-46-80(47-59-89)100(79-20-10-7-11-21-79)96-28-18-16-26-92(96)94-64-56-87(66-98(94)100)102(83-22-12-8-13-23-83)85-52-42-77(43-53-85)78-44-54-86(55-45-78)103(84-24-14-9-15-25-84)88-57-65-95-93-27-17-19-29-97(93)101(99(95)67-88,81-48-60-90(61-49-81)105-69-75-38-32-72(5-2)33-39-75)82-50-62-91(63-51-82)106-70-76-40-34-73(6-3)35-41-76/h4-67H,1-3,68-70H2. The number of nitrogens with zero attached hydrogens (tertiary/aromatic N) is 2. The van der Waals surface area contributed by atoms with Gasteiger partial charge in [-0.3, -0.25) is 0 Å². The molecule has 2 aliphatic rings. The highest BCUT2D eigenvalue weighted by Gasteiger charge is 2.48. The Hall–Kier alpha value is -13.5. The van der Waals surface area contributed by atoms with E-state index in [1.165, 1.54) is 50.1 Å². The first kappa shape index (κ1) is 65.8. The number of anilines is 6. The number of para-hydroxylation sites is 2. The van der Waals surface area contributed by atoms with E-state index in [1.54, 1.807) is 0 Å². The highest BCUT2D eigenvalue weighted by Crippen LogP contribution is 2.60. The van der Waals surface area contributed by atoms with Crippen LogP contribution in [0.5, 0.6) is 17.2 Å². The largest absolute Gasteiger partial charge is 0.489 e. The number of hydrogen-bond acceptors (Lipinski definition) is 5. The molecule has 0 N–H and O–H groups in total. The fourth-order valence-electron chi connectivity index (χ4n) is 15.9. The molecule has 1 atom stereocenters. The van der Waals surface area contributed by atoms with Gasteiger partial charge in [-0.05, 0) is 220 Å². The van der Waals surface area contributed by atoms with Crippen molar-refractivity contribution in [2.24, 2.45) is 0 Å². The summed E-state index contributed by atoms with van der Waals surface area (Å²) in [6.07, 6.45) is 5.58. The van der Waals surface area contributed by atoms with Gasteiger partial charge in [0.1, 0.15) is 37.1 Å². The maximum atomic E-state index is 6.49. The Kier molecular flexibility index (Phi) is 17.8. The van der Waals surface area contributed by atoms with Gasteiger partial charge < -0.3 is 24.0 Å². The summed E-state index contributed by atoms with van der Waals surface area (Å²) in [6.45, 7) is 13.1. The summed E-state index contributed by atoms with van der Waals surface area (Å²) >= 11 is 0. The lowest BCUT2D eigenvalue weighted by Crippen LogP contribution is -2.28. The molecular formula is C101H76N2O3. The maximum Gasteiger partial charge on any atom is 0.119 e. The van der Waals surface area contributed by atoms with Crippen molar-refractivity contribution in [1.29, 1.82) is 0 Å². The van der Waals surface area contributed by atoms with Crippen molar-refractivity contribution in [3.63, 3.8) is 0 Å². The van der Waals surface area contributed by atoms with Crippen LogP contribution in [0.15, 0.2) is 390 Å². The van der Waals surface area contributed by atoms with E-state index in [0.717, 1.165) is 113 Å². The lowest BCUT2D eigenvalue weighted by molar-refractivity contribution is 0.306. The van der Waals surface area contributed by atoms with Gasteiger partial charge >= 0.3 is 0 Å². The van der Waals surface area contributed by atoms with Crippen LogP contribution in [0.1, 0.15) is 77.9 Å². The molecule has 0 aliphatic heterocycles. The van der Waals surface area contributed by atoms with E-state index >= 15 is 0 Å². The molecule has 0 aromatic heterocycles. The summed E-state index contributed by atoms with van der Waals surface area (Å²) in [5, 5.41) is 0. The van der Waals surface area contributed by atoms with Gasteiger partial charge in [-0.15, -0.1) is 0 Å². The summed E-state index contributed by atoms with van der Waals surface area (Å²) in [4.78, 5) is 4.77. The van der Waals surface area contributed by atoms with Crippen LogP contribution < -0.4 is 24.0 Å². The summed E-state index contributed by atoms with van der Waals surface area (Å²) in [5.41, 5.74) is 27.9. The zero-order valence-corrected chi connectivity index (χ0v) is 58.8. The van der Waals surface area contributed by atoms with Crippen LogP contribution in [0, 0.1) is 0 Å².